The zero-order valence-electron chi connectivity index (χ0n) is 16.7. The number of ether oxygens (including phenoxy) is 2. The first-order chi connectivity index (χ1) is 15.0. The van der Waals surface area contributed by atoms with E-state index in [9.17, 15) is 10.1 Å². The molecule has 0 bridgehead atoms. The molecule has 2 aromatic heterocycles. The highest BCUT2D eigenvalue weighted by molar-refractivity contribution is 6.33. The van der Waals surface area contributed by atoms with Crippen molar-refractivity contribution in [2.45, 2.75) is 6.92 Å². The van der Waals surface area contributed by atoms with Crippen LogP contribution in [0.15, 0.2) is 60.8 Å². The number of carbonyl (C=O) groups excluding carboxylic acids is 1. The average molecular weight is 433 g/mol. The SMILES string of the molecule is COC(=O)c1c(C)c2c(Nc3ccc(Oc4ccccc4)cc3)c(C#N)cnn2c1Cl. The Labute approximate surface area is 183 Å². The fraction of sp³-hybridized carbons (Fsp3) is 0.0870. The number of fused-ring (bicyclic) bond motifs is 1. The van der Waals surface area contributed by atoms with Gasteiger partial charge in [-0.1, -0.05) is 29.8 Å². The molecule has 0 atom stereocenters. The van der Waals surface area contributed by atoms with Crippen LogP contribution in [0.25, 0.3) is 5.52 Å². The second-order valence-electron chi connectivity index (χ2n) is 6.65. The van der Waals surface area contributed by atoms with Gasteiger partial charge >= 0.3 is 5.97 Å². The Bertz CT molecular complexity index is 1310. The molecule has 0 aliphatic rings. The summed E-state index contributed by atoms with van der Waals surface area (Å²) in [7, 11) is 1.28. The van der Waals surface area contributed by atoms with Gasteiger partial charge in [0.2, 0.25) is 0 Å². The molecular weight excluding hydrogens is 416 g/mol. The van der Waals surface area contributed by atoms with Crippen LogP contribution in [-0.4, -0.2) is 22.7 Å². The van der Waals surface area contributed by atoms with E-state index in [1.54, 1.807) is 6.92 Å². The third kappa shape index (κ3) is 3.77. The Morgan fingerprint density at radius 2 is 1.81 bits per heavy atom. The maximum Gasteiger partial charge on any atom is 0.341 e. The molecule has 4 rings (SSSR count). The fourth-order valence-electron chi connectivity index (χ4n) is 3.27. The lowest BCUT2D eigenvalue weighted by Gasteiger charge is -2.12. The van der Waals surface area contributed by atoms with Crippen LogP contribution >= 0.6 is 11.6 Å². The first-order valence-electron chi connectivity index (χ1n) is 9.31. The van der Waals surface area contributed by atoms with Crippen LogP contribution in [0.4, 0.5) is 11.4 Å². The number of hydrogen-bond donors (Lipinski definition) is 1. The van der Waals surface area contributed by atoms with Gasteiger partial charge < -0.3 is 14.8 Å². The van der Waals surface area contributed by atoms with Crippen molar-refractivity contribution in [2.24, 2.45) is 0 Å². The topological polar surface area (TPSA) is 88.6 Å². The number of anilines is 2. The van der Waals surface area contributed by atoms with Gasteiger partial charge in [0.15, 0.2) is 0 Å². The second-order valence-corrected chi connectivity index (χ2v) is 7.01. The number of methoxy groups -OCH3 is 1. The molecule has 31 heavy (non-hydrogen) atoms. The van der Waals surface area contributed by atoms with E-state index < -0.39 is 5.97 Å². The van der Waals surface area contributed by atoms with E-state index in [2.05, 4.69) is 16.5 Å². The first kappa shape index (κ1) is 20.3. The molecule has 0 radical (unpaired) electrons. The predicted octanol–water partition coefficient (Wildman–Crippen LogP) is 5.49. The van der Waals surface area contributed by atoms with Crippen molar-refractivity contribution in [1.29, 1.82) is 5.26 Å². The van der Waals surface area contributed by atoms with Gasteiger partial charge in [-0.05, 0) is 48.9 Å². The molecule has 154 valence electrons. The molecule has 0 unspecified atom stereocenters. The largest absolute Gasteiger partial charge is 0.465 e. The lowest BCUT2D eigenvalue weighted by molar-refractivity contribution is 0.0600. The van der Waals surface area contributed by atoms with E-state index in [1.807, 2.05) is 54.6 Å². The molecule has 2 heterocycles. The van der Waals surface area contributed by atoms with Crippen LogP contribution in [0.2, 0.25) is 5.15 Å². The van der Waals surface area contributed by atoms with Gasteiger partial charge in [0.05, 0.1) is 30.1 Å². The van der Waals surface area contributed by atoms with Crippen molar-refractivity contribution < 1.29 is 14.3 Å². The molecule has 2 aromatic carbocycles. The molecule has 0 spiro atoms. The summed E-state index contributed by atoms with van der Waals surface area (Å²) >= 11 is 6.38. The summed E-state index contributed by atoms with van der Waals surface area (Å²) in [5.41, 5.74) is 2.82. The number of hydrogen-bond acceptors (Lipinski definition) is 6. The zero-order chi connectivity index (χ0) is 22.0. The highest BCUT2D eigenvalue weighted by Crippen LogP contribution is 2.35. The Kier molecular flexibility index (Phi) is 5.48. The Balaban J connectivity index is 1.72. The molecule has 7 nitrogen and oxygen atoms in total. The quantitative estimate of drug-likeness (QED) is 0.419. The Hall–Kier alpha value is -4.02. The zero-order valence-corrected chi connectivity index (χ0v) is 17.5. The minimum Gasteiger partial charge on any atom is -0.465 e. The summed E-state index contributed by atoms with van der Waals surface area (Å²) in [6, 6.07) is 18.9. The number of esters is 1. The smallest absolute Gasteiger partial charge is 0.341 e. The number of nitrogens with zero attached hydrogens (tertiary/aromatic N) is 3. The van der Waals surface area contributed by atoms with E-state index in [4.69, 9.17) is 21.1 Å². The van der Waals surface area contributed by atoms with E-state index >= 15 is 0 Å². The number of carbonyl (C=O) groups is 1. The van der Waals surface area contributed by atoms with Gasteiger partial charge in [-0.25, -0.2) is 9.31 Å². The van der Waals surface area contributed by atoms with Crippen molar-refractivity contribution >= 4 is 34.5 Å². The standard InChI is InChI=1S/C23H17ClN4O3/c1-14-19(23(29)30-2)22(24)28-21(14)20(15(12-25)13-26-28)27-16-8-10-18(11-9-16)31-17-6-4-3-5-7-17/h3-11,13,27H,1-2H3. The van der Waals surface area contributed by atoms with E-state index in [-0.39, 0.29) is 10.7 Å². The van der Waals surface area contributed by atoms with Crippen molar-refractivity contribution in [3.05, 3.63) is 82.6 Å². The third-order valence-electron chi connectivity index (χ3n) is 4.76. The number of para-hydroxylation sites is 1. The van der Waals surface area contributed by atoms with Gasteiger partial charge in [-0.2, -0.15) is 10.4 Å². The van der Waals surface area contributed by atoms with Crippen LogP contribution < -0.4 is 10.1 Å². The molecular formula is C23H17ClN4O3. The number of rotatable bonds is 5. The molecule has 4 aromatic rings. The minimum absolute atomic E-state index is 0.124. The van der Waals surface area contributed by atoms with Gasteiger partial charge in [-0.15, -0.1) is 0 Å². The van der Waals surface area contributed by atoms with Crippen molar-refractivity contribution in [3.8, 4) is 17.6 Å². The number of aromatic nitrogens is 2. The number of nitrogens with one attached hydrogen (secondary N) is 1. The minimum atomic E-state index is -0.570. The summed E-state index contributed by atoms with van der Waals surface area (Å²) in [5.74, 6) is 0.839. The van der Waals surface area contributed by atoms with E-state index in [1.165, 1.54) is 17.8 Å². The average Bonchev–Trinajstić information content (AvgIpc) is 3.05. The lowest BCUT2D eigenvalue weighted by atomic mass is 10.1. The molecule has 0 aliphatic carbocycles. The van der Waals surface area contributed by atoms with Gasteiger partial charge in [0.25, 0.3) is 0 Å². The van der Waals surface area contributed by atoms with Gasteiger partial charge in [-0.3, -0.25) is 0 Å². The summed E-state index contributed by atoms with van der Waals surface area (Å²) in [5, 5.41) is 17.2. The molecule has 0 fully saturated rings. The molecule has 0 saturated carbocycles. The molecule has 0 amide bonds. The number of halogens is 1. The van der Waals surface area contributed by atoms with Crippen LogP contribution in [0.5, 0.6) is 11.5 Å². The normalized spacial score (nSPS) is 10.5. The van der Waals surface area contributed by atoms with E-state index in [0.717, 1.165) is 11.4 Å². The van der Waals surface area contributed by atoms with E-state index in [0.29, 0.717) is 28.1 Å². The highest BCUT2D eigenvalue weighted by Gasteiger charge is 2.25. The van der Waals surface area contributed by atoms with Crippen molar-refractivity contribution in [2.75, 3.05) is 12.4 Å². The van der Waals surface area contributed by atoms with Crippen LogP contribution in [-0.2, 0) is 4.74 Å². The monoisotopic (exact) mass is 432 g/mol. The maximum absolute atomic E-state index is 12.2. The van der Waals surface area contributed by atoms with Crippen LogP contribution in [0, 0.1) is 18.3 Å². The summed E-state index contributed by atoms with van der Waals surface area (Å²) in [6.07, 6.45) is 1.40. The van der Waals surface area contributed by atoms with Gasteiger partial charge in [0.1, 0.15) is 28.3 Å². The molecule has 0 saturated heterocycles. The number of nitriles is 1. The van der Waals surface area contributed by atoms with Crippen molar-refractivity contribution in [3.63, 3.8) is 0 Å². The van der Waals surface area contributed by atoms with Gasteiger partial charge in [0, 0.05) is 5.69 Å². The van der Waals surface area contributed by atoms with Crippen LogP contribution in [0.3, 0.4) is 0 Å². The first-order valence-corrected chi connectivity index (χ1v) is 9.69. The lowest BCUT2D eigenvalue weighted by Crippen LogP contribution is -2.02. The third-order valence-corrected chi connectivity index (χ3v) is 5.10. The van der Waals surface area contributed by atoms with Crippen LogP contribution in [0.1, 0.15) is 21.5 Å². The summed E-state index contributed by atoms with van der Waals surface area (Å²) < 4.78 is 12.1. The molecule has 1 N–H and O–H groups in total. The highest BCUT2D eigenvalue weighted by atomic mass is 35.5. The summed E-state index contributed by atoms with van der Waals surface area (Å²) in [4.78, 5) is 12.2. The van der Waals surface area contributed by atoms with Crippen molar-refractivity contribution in [1.82, 2.24) is 9.61 Å². The Morgan fingerprint density at radius 1 is 1.13 bits per heavy atom. The molecule has 0 aliphatic heterocycles. The Morgan fingerprint density at radius 3 is 2.45 bits per heavy atom. The maximum atomic E-state index is 12.2. The predicted molar refractivity (Wildman–Crippen MR) is 117 cm³/mol. The number of benzene rings is 2. The number of aryl methyl sites for hydroxylation is 1. The molecule has 8 heteroatoms. The summed E-state index contributed by atoms with van der Waals surface area (Å²) in [6.45, 7) is 1.73. The fourth-order valence-corrected chi connectivity index (χ4v) is 3.62. The second kappa shape index (κ2) is 8.38.